The lowest BCUT2D eigenvalue weighted by molar-refractivity contribution is -0.137. The molecule has 6 heteroatoms. The van der Waals surface area contributed by atoms with Gasteiger partial charge in [0.05, 0.1) is 5.56 Å². The summed E-state index contributed by atoms with van der Waals surface area (Å²) in [6, 6.07) is 9.06. The zero-order valence-corrected chi connectivity index (χ0v) is 11.2. The van der Waals surface area contributed by atoms with Crippen LogP contribution in [-0.4, -0.2) is 14.6 Å². The van der Waals surface area contributed by atoms with E-state index in [4.69, 9.17) is 0 Å². The van der Waals surface area contributed by atoms with E-state index in [-0.39, 0.29) is 0 Å². The van der Waals surface area contributed by atoms with Crippen molar-refractivity contribution in [3.63, 3.8) is 0 Å². The van der Waals surface area contributed by atoms with Gasteiger partial charge in [0.25, 0.3) is 0 Å². The van der Waals surface area contributed by atoms with E-state index in [0.29, 0.717) is 23.5 Å². The summed E-state index contributed by atoms with van der Waals surface area (Å²) in [6.45, 7) is 1.95. The van der Waals surface area contributed by atoms with Gasteiger partial charge in [-0.3, -0.25) is 4.40 Å². The third-order valence-corrected chi connectivity index (χ3v) is 3.25. The van der Waals surface area contributed by atoms with Crippen LogP contribution in [0.3, 0.4) is 0 Å². The molecule has 21 heavy (non-hydrogen) atoms. The topological polar surface area (TPSA) is 30.2 Å². The van der Waals surface area contributed by atoms with Crippen LogP contribution in [0.1, 0.15) is 22.5 Å². The standard InChI is InChI=1S/C15H12F3N3/c1-10-5-6-21-13(7-10)19-20-14(21)9-11-3-2-4-12(8-11)15(16,17)18/h2-8H,9H2,1H3. The van der Waals surface area contributed by atoms with Crippen molar-refractivity contribution < 1.29 is 13.2 Å². The van der Waals surface area contributed by atoms with E-state index in [9.17, 15) is 13.2 Å². The number of aromatic nitrogens is 3. The van der Waals surface area contributed by atoms with Crippen molar-refractivity contribution in [2.75, 3.05) is 0 Å². The molecule has 0 saturated carbocycles. The lowest BCUT2D eigenvalue weighted by Gasteiger charge is -2.08. The van der Waals surface area contributed by atoms with E-state index in [1.54, 1.807) is 10.5 Å². The summed E-state index contributed by atoms with van der Waals surface area (Å²) >= 11 is 0. The van der Waals surface area contributed by atoms with Crippen molar-refractivity contribution in [1.82, 2.24) is 14.6 Å². The van der Waals surface area contributed by atoms with Crippen molar-refractivity contribution >= 4 is 5.65 Å². The maximum Gasteiger partial charge on any atom is 0.416 e. The predicted octanol–water partition coefficient (Wildman–Crippen LogP) is 3.65. The second-order valence-corrected chi connectivity index (χ2v) is 4.92. The average Bonchev–Trinajstić information content (AvgIpc) is 2.80. The molecule has 0 unspecified atom stereocenters. The van der Waals surface area contributed by atoms with Gasteiger partial charge in [0.2, 0.25) is 0 Å². The van der Waals surface area contributed by atoms with Crippen LogP contribution in [0.25, 0.3) is 5.65 Å². The number of pyridine rings is 1. The third-order valence-electron chi connectivity index (χ3n) is 3.25. The summed E-state index contributed by atoms with van der Waals surface area (Å²) in [5.41, 5.74) is 1.65. The van der Waals surface area contributed by atoms with E-state index in [2.05, 4.69) is 10.2 Å². The average molecular weight is 291 g/mol. The van der Waals surface area contributed by atoms with Crippen LogP contribution in [0.2, 0.25) is 0 Å². The Bertz CT molecular complexity index is 790. The number of hydrogen-bond donors (Lipinski definition) is 0. The van der Waals surface area contributed by atoms with Crippen LogP contribution in [0.15, 0.2) is 42.6 Å². The number of nitrogens with zero attached hydrogens (tertiary/aromatic N) is 3. The van der Waals surface area contributed by atoms with Crippen LogP contribution in [0, 0.1) is 6.92 Å². The quantitative estimate of drug-likeness (QED) is 0.721. The van der Waals surface area contributed by atoms with Crippen LogP contribution < -0.4 is 0 Å². The Morgan fingerprint density at radius 2 is 1.90 bits per heavy atom. The summed E-state index contributed by atoms with van der Waals surface area (Å²) in [4.78, 5) is 0. The fraction of sp³-hybridized carbons (Fsp3) is 0.200. The minimum atomic E-state index is -4.33. The Morgan fingerprint density at radius 1 is 1.10 bits per heavy atom. The van der Waals surface area contributed by atoms with Crippen molar-refractivity contribution in [1.29, 1.82) is 0 Å². The lowest BCUT2D eigenvalue weighted by atomic mass is 10.1. The normalized spacial score (nSPS) is 12.0. The second kappa shape index (κ2) is 4.87. The smallest absolute Gasteiger partial charge is 0.286 e. The Labute approximate surface area is 119 Å². The van der Waals surface area contributed by atoms with Gasteiger partial charge in [-0.05, 0) is 36.2 Å². The van der Waals surface area contributed by atoms with Gasteiger partial charge in [-0.15, -0.1) is 10.2 Å². The molecule has 0 aliphatic heterocycles. The third kappa shape index (κ3) is 2.74. The van der Waals surface area contributed by atoms with E-state index in [0.717, 1.165) is 17.7 Å². The van der Waals surface area contributed by atoms with Crippen LogP contribution >= 0.6 is 0 Å². The molecule has 0 bridgehead atoms. The van der Waals surface area contributed by atoms with Gasteiger partial charge < -0.3 is 0 Å². The van der Waals surface area contributed by atoms with Gasteiger partial charge in [0, 0.05) is 12.6 Å². The number of fused-ring (bicyclic) bond motifs is 1. The zero-order chi connectivity index (χ0) is 15.0. The fourth-order valence-corrected chi connectivity index (χ4v) is 2.20. The molecule has 0 N–H and O–H groups in total. The molecule has 0 aliphatic carbocycles. The van der Waals surface area contributed by atoms with Gasteiger partial charge in [0.1, 0.15) is 5.82 Å². The maximum absolute atomic E-state index is 12.7. The van der Waals surface area contributed by atoms with Gasteiger partial charge in [-0.25, -0.2) is 0 Å². The number of benzene rings is 1. The SMILES string of the molecule is Cc1ccn2c(Cc3cccc(C(F)(F)F)c3)nnc2c1. The first kappa shape index (κ1) is 13.6. The highest BCUT2D eigenvalue weighted by atomic mass is 19.4. The minimum absolute atomic E-state index is 0.300. The molecule has 0 atom stereocenters. The Morgan fingerprint density at radius 3 is 2.67 bits per heavy atom. The van der Waals surface area contributed by atoms with E-state index < -0.39 is 11.7 Å². The molecule has 2 heterocycles. The summed E-state index contributed by atoms with van der Waals surface area (Å²) in [7, 11) is 0. The second-order valence-electron chi connectivity index (χ2n) is 4.92. The molecule has 0 aliphatic rings. The maximum atomic E-state index is 12.7. The number of alkyl halides is 3. The van der Waals surface area contributed by atoms with E-state index in [1.165, 1.54) is 6.07 Å². The number of hydrogen-bond acceptors (Lipinski definition) is 2. The fourth-order valence-electron chi connectivity index (χ4n) is 2.20. The Hall–Kier alpha value is -2.37. The van der Waals surface area contributed by atoms with E-state index >= 15 is 0 Å². The first-order chi connectivity index (χ1) is 9.93. The van der Waals surface area contributed by atoms with Crippen molar-refractivity contribution in [3.8, 4) is 0 Å². The van der Waals surface area contributed by atoms with Crippen LogP contribution in [-0.2, 0) is 12.6 Å². The lowest BCUT2D eigenvalue weighted by Crippen LogP contribution is -2.06. The summed E-state index contributed by atoms with van der Waals surface area (Å²) in [6.07, 6.45) is -2.21. The zero-order valence-electron chi connectivity index (χ0n) is 11.2. The van der Waals surface area contributed by atoms with Gasteiger partial charge in [-0.1, -0.05) is 18.2 Å². The highest BCUT2D eigenvalue weighted by Gasteiger charge is 2.30. The molecular formula is C15H12F3N3. The van der Waals surface area contributed by atoms with Crippen molar-refractivity contribution in [2.45, 2.75) is 19.5 Å². The molecule has 0 fully saturated rings. The highest BCUT2D eigenvalue weighted by molar-refractivity contribution is 5.41. The van der Waals surface area contributed by atoms with Crippen LogP contribution in [0.4, 0.5) is 13.2 Å². The molecule has 0 saturated heterocycles. The predicted molar refractivity (Wildman–Crippen MR) is 72.0 cm³/mol. The minimum Gasteiger partial charge on any atom is -0.286 e. The first-order valence-electron chi connectivity index (χ1n) is 6.40. The van der Waals surface area contributed by atoms with Crippen molar-refractivity contribution in [2.24, 2.45) is 0 Å². The van der Waals surface area contributed by atoms with Crippen molar-refractivity contribution in [3.05, 3.63) is 65.1 Å². The molecule has 0 amide bonds. The molecule has 3 rings (SSSR count). The Balaban J connectivity index is 1.95. The molecule has 108 valence electrons. The molecule has 0 spiro atoms. The molecular weight excluding hydrogens is 279 g/mol. The number of halogens is 3. The summed E-state index contributed by atoms with van der Waals surface area (Å²) in [5.74, 6) is 0.615. The monoisotopic (exact) mass is 291 g/mol. The summed E-state index contributed by atoms with van der Waals surface area (Å²) in [5, 5.41) is 8.09. The number of rotatable bonds is 2. The number of aryl methyl sites for hydroxylation is 1. The van der Waals surface area contributed by atoms with Gasteiger partial charge in [-0.2, -0.15) is 13.2 Å². The molecule has 3 nitrogen and oxygen atoms in total. The van der Waals surface area contributed by atoms with E-state index in [1.807, 2.05) is 25.3 Å². The van der Waals surface area contributed by atoms with Gasteiger partial charge in [0.15, 0.2) is 5.65 Å². The molecule has 2 aromatic heterocycles. The Kier molecular flexibility index (Phi) is 3.16. The first-order valence-corrected chi connectivity index (χ1v) is 6.40. The highest BCUT2D eigenvalue weighted by Crippen LogP contribution is 2.29. The molecule has 1 aromatic carbocycles. The summed E-state index contributed by atoms with van der Waals surface area (Å²) < 4.78 is 39.9. The van der Waals surface area contributed by atoms with Crippen LogP contribution in [0.5, 0.6) is 0 Å². The molecule has 3 aromatic rings. The molecule has 0 radical (unpaired) electrons. The largest absolute Gasteiger partial charge is 0.416 e. The van der Waals surface area contributed by atoms with Gasteiger partial charge >= 0.3 is 6.18 Å².